The standard InChI is InChI=1S/C43H49ClFN3O6S/c1-43(2,3)53-41(49)17-9-31-26-30(27-32(28-31)18-21-46-55(50,51)37-14-11-35(44)12-15-37)8-10-33-6-4-5-7-39(33)52-25-24-48-22-19-34(20-23-48)42-38-16-13-36(45)29-40(38)54-47-42/h4-7,11-16,26-29,34,46H,8-10,17-25H2,1-3H3. The van der Waals surface area contributed by atoms with E-state index in [0.717, 1.165) is 84.4 Å². The summed E-state index contributed by atoms with van der Waals surface area (Å²) in [5.41, 5.74) is 5.03. The number of hydrogen-bond acceptors (Lipinski definition) is 8. The van der Waals surface area contributed by atoms with Gasteiger partial charge in [0.25, 0.3) is 0 Å². The summed E-state index contributed by atoms with van der Waals surface area (Å²) in [5, 5.41) is 5.63. The molecular formula is C43H49ClFN3O6S. The lowest BCUT2D eigenvalue weighted by Crippen LogP contribution is -2.36. The summed E-state index contributed by atoms with van der Waals surface area (Å²) in [7, 11) is -3.70. The Morgan fingerprint density at radius 1 is 0.927 bits per heavy atom. The highest BCUT2D eigenvalue weighted by molar-refractivity contribution is 7.89. The molecule has 0 atom stereocenters. The van der Waals surface area contributed by atoms with E-state index < -0.39 is 15.6 Å². The summed E-state index contributed by atoms with van der Waals surface area (Å²) in [5.74, 6) is 0.553. The number of aromatic nitrogens is 1. The number of esters is 1. The Bertz CT molecular complexity index is 2180. The highest BCUT2D eigenvalue weighted by atomic mass is 35.5. The predicted molar refractivity (Wildman–Crippen MR) is 213 cm³/mol. The Hall–Kier alpha value is -4.29. The second kappa shape index (κ2) is 18.1. The van der Waals surface area contributed by atoms with Crippen molar-refractivity contribution in [2.45, 2.75) is 82.1 Å². The number of carbonyl (C=O) groups excluding carboxylic acids is 1. The zero-order valence-electron chi connectivity index (χ0n) is 31.7. The number of hydrogen-bond donors (Lipinski definition) is 1. The molecule has 6 rings (SSSR count). The van der Waals surface area contributed by atoms with E-state index in [1.54, 1.807) is 18.2 Å². The molecule has 5 aromatic rings. The molecule has 0 spiro atoms. The third-order valence-corrected chi connectivity index (χ3v) is 11.5. The van der Waals surface area contributed by atoms with Gasteiger partial charge in [-0.3, -0.25) is 9.69 Å². The van der Waals surface area contributed by atoms with Crippen LogP contribution < -0.4 is 9.46 Å². The van der Waals surface area contributed by atoms with Gasteiger partial charge in [0.1, 0.15) is 23.8 Å². The summed E-state index contributed by atoms with van der Waals surface area (Å²) >= 11 is 5.95. The van der Waals surface area contributed by atoms with Crippen molar-refractivity contribution in [3.63, 3.8) is 0 Å². The molecule has 1 aliphatic rings. The SMILES string of the molecule is CC(C)(C)OC(=O)CCc1cc(CCNS(=O)(=O)c2ccc(Cl)cc2)cc(CCc2ccccc2OCCN2CCC(c3noc4cc(F)ccc34)CC2)c1. The Morgan fingerprint density at radius 2 is 1.62 bits per heavy atom. The maximum Gasteiger partial charge on any atom is 0.306 e. The highest BCUT2D eigenvalue weighted by Crippen LogP contribution is 2.33. The van der Waals surface area contributed by atoms with Crippen LogP contribution in [0.25, 0.3) is 11.0 Å². The molecule has 9 nitrogen and oxygen atoms in total. The number of rotatable bonds is 16. The maximum atomic E-state index is 13.6. The molecule has 0 bridgehead atoms. The molecule has 0 unspecified atom stereocenters. The number of piperidine rings is 1. The van der Waals surface area contributed by atoms with Gasteiger partial charge in [-0.05, 0) is 137 Å². The number of fused-ring (bicyclic) bond motifs is 1. The first-order valence-corrected chi connectivity index (χ1v) is 20.7. The van der Waals surface area contributed by atoms with Crippen LogP contribution in [-0.4, -0.2) is 62.8 Å². The number of nitrogens with one attached hydrogen (secondary N) is 1. The summed E-state index contributed by atoms with van der Waals surface area (Å²) in [6.45, 7) is 8.97. The van der Waals surface area contributed by atoms with Crippen LogP contribution in [0.4, 0.5) is 4.39 Å². The molecule has 0 radical (unpaired) electrons. The second-order valence-corrected chi connectivity index (χ2v) is 17.3. The van der Waals surface area contributed by atoms with Gasteiger partial charge < -0.3 is 14.0 Å². The molecule has 0 aliphatic carbocycles. The fraction of sp³-hybridized carbons (Fsp3) is 0.395. The summed E-state index contributed by atoms with van der Waals surface area (Å²) in [6.07, 6.45) is 4.61. The van der Waals surface area contributed by atoms with Crippen molar-refractivity contribution in [3.05, 3.63) is 124 Å². The number of benzene rings is 4. The van der Waals surface area contributed by atoms with Crippen LogP contribution in [0.2, 0.25) is 5.02 Å². The Labute approximate surface area is 328 Å². The van der Waals surface area contributed by atoms with Gasteiger partial charge in [-0.25, -0.2) is 17.5 Å². The van der Waals surface area contributed by atoms with Crippen molar-refractivity contribution >= 4 is 38.6 Å². The van der Waals surface area contributed by atoms with Crippen molar-refractivity contribution in [3.8, 4) is 5.75 Å². The Kier molecular flexibility index (Phi) is 13.3. The molecule has 1 aromatic heterocycles. The predicted octanol–water partition coefficient (Wildman–Crippen LogP) is 8.46. The lowest BCUT2D eigenvalue weighted by atomic mass is 9.91. The number of para-hydroxylation sites is 1. The van der Waals surface area contributed by atoms with E-state index in [1.807, 2.05) is 45.0 Å². The van der Waals surface area contributed by atoms with Crippen LogP contribution in [0.3, 0.4) is 0 Å². The van der Waals surface area contributed by atoms with E-state index in [0.29, 0.717) is 30.1 Å². The lowest BCUT2D eigenvalue weighted by molar-refractivity contribution is -0.154. The number of nitrogens with zero attached hydrogens (tertiary/aromatic N) is 2. The van der Waals surface area contributed by atoms with Gasteiger partial charge in [0.2, 0.25) is 10.0 Å². The Balaban J connectivity index is 1.04. The number of carbonyl (C=O) groups is 1. The molecule has 1 aliphatic heterocycles. The minimum atomic E-state index is -3.70. The van der Waals surface area contributed by atoms with Gasteiger partial charge in [0.05, 0.1) is 10.6 Å². The van der Waals surface area contributed by atoms with Crippen LogP contribution in [0.15, 0.2) is 94.3 Å². The van der Waals surface area contributed by atoms with E-state index in [1.165, 1.54) is 24.3 Å². The highest BCUT2D eigenvalue weighted by Gasteiger charge is 2.25. The summed E-state index contributed by atoms with van der Waals surface area (Å²) < 4.78 is 59.4. The van der Waals surface area contributed by atoms with Crippen molar-refractivity contribution in [1.82, 2.24) is 14.8 Å². The first-order valence-electron chi connectivity index (χ1n) is 18.9. The van der Waals surface area contributed by atoms with Crippen LogP contribution in [0, 0.1) is 5.82 Å². The van der Waals surface area contributed by atoms with Crippen LogP contribution in [-0.2, 0) is 45.2 Å². The Morgan fingerprint density at radius 3 is 2.35 bits per heavy atom. The number of ether oxygens (including phenoxy) is 2. The third kappa shape index (κ3) is 11.6. The number of aryl methyl sites for hydroxylation is 3. The van der Waals surface area contributed by atoms with Crippen LogP contribution in [0.1, 0.15) is 73.9 Å². The fourth-order valence-corrected chi connectivity index (χ4v) is 8.17. The molecule has 1 fully saturated rings. The molecule has 0 amide bonds. The van der Waals surface area contributed by atoms with Crippen molar-refractivity contribution in [1.29, 1.82) is 0 Å². The van der Waals surface area contributed by atoms with Gasteiger partial charge in [0.15, 0.2) is 5.58 Å². The number of likely N-dealkylation sites (tertiary alicyclic amines) is 1. The van der Waals surface area contributed by atoms with E-state index >= 15 is 0 Å². The van der Waals surface area contributed by atoms with Crippen LogP contribution in [0.5, 0.6) is 5.75 Å². The molecule has 2 heterocycles. The zero-order chi connectivity index (χ0) is 39.0. The van der Waals surface area contributed by atoms with E-state index in [-0.39, 0.29) is 35.6 Å². The van der Waals surface area contributed by atoms with Gasteiger partial charge in [-0.1, -0.05) is 53.2 Å². The fourth-order valence-electron chi connectivity index (χ4n) is 7.01. The summed E-state index contributed by atoms with van der Waals surface area (Å²) in [4.78, 5) is 15.1. The molecular weight excluding hydrogens is 741 g/mol. The minimum Gasteiger partial charge on any atom is -0.492 e. The van der Waals surface area contributed by atoms with Gasteiger partial charge in [0, 0.05) is 41.9 Å². The average molecular weight is 790 g/mol. The van der Waals surface area contributed by atoms with E-state index in [2.05, 4.69) is 33.0 Å². The molecule has 55 heavy (non-hydrogen) atoms. The van der Waals surface area contributed by atoms with Gasteiger partial charge >= 0.3 is 5.97 Å². The van der Waals surface area contributed by atoms with Gasteiger partial charge in [-0.15, -0.1) is 0 Å². The molecule has 12 heteroatoms. The first kappa shape index (κ1) is 40.4. The molecule has 0 saturated carbocycles. The quantitative estimate of drug-likeness (QED) is 0.0993. The maximum absolute atomic E-state index is 13.6. The minimum absolute atomic E-state index is 0.158. The summed E-state index contributed by atoms with van der Waals surface area (Å²) in [6, 6.07) is 25.1. The number of halogens is 2. The lowest BCUT2D eigenvalue weighted by Gasteiger charge is -2.31. The van der Waals surface area contributed by atoms with Crippen molar-refractivity contribution in [2.24, 2.45) is 0 Å². The normalized spacial score (nSPS) is 14.3. The van der Waals surface area contributed by atoms with Crippen molar-refractivity contribution < 1.29 is 31.6 Å². The molecule has 4 aromatic carbocycles. The number of sulfonamides is 1. The smallest absolute Gasteiger partial charge is 0.306 e. The zero-order valence-corrected chi connectivity index (χ0v) is 33.2. The second-order valence-electron chi connectivity index (χ2n) is 15.1. The van der Waals surface area contributed by atoms with Crippen LogP contribution >= 0.6 is 11.6 Å². The monoisotopic (exact) mass is 789 g/mol. The van der Waals surface area contributed by atoms with E-state index in [9.17, 15) is 17.6 Å². The first-order chi connectivity index (χ1) is 26.3. The molecule has 1 saturated heterocycles. The van der Waals surface area contributed by atoms with Gasteiger partial charge in [-0.2, -0.15) is 0 Å². The molecule has 1 N–H and O–H groups in total. The van der Waals surface area contributed by atoms with E-state index in [4.69, 9.17) is 25.6 Å². The average Bonchev–Trinajstić information content (AvgIpc) is 3.56. The topological polar surface area (TPSA) is 111 Å². The van der Waals surface area contributed by atoms with Crippen molar-refractivity contribution in [2.75, 3.05) is 32.8 Å². The molecule has 292 valence electrons. The largest absolute Gasteiger partial charge is 0.492 e. The third-order valence-electron chi connectivity index (χ3n) is 9.74.